The zero-order valence-electron chi connectivity index (χ0n) is 11.5. The number of halogens is 2. The van der Waals surface area contributed by atoms with Crippen LogP contribution >= 0.6 is 0 Å². The molecule has 0 spiro atoms. The van der Waals surface area contributed by atoms with E-state index in [1.807, 2.05) is 13.8 Å². The van der Waals surface area contributed by atoms with Gasteiger partial charge in [-0.15, -0.1) is 0 Å². The van der Waals surface area contributed by atoms with E-state index in [1.165, 1.54) is 0 Å². The van der Waals surface area contributed by atoms with Crippen molar-refractivity contribution in [3.05, 3.63) is 29.3 Å². The molecule has 21 heavy (non-hydrogen) atoms. The zero-order valence-corrected chi connectivity index (χ0v) is 12.3. The molecular formula is C13H15F2NO4S. The molecular weight excluding hydrogens is 304 g/mol. The van der Waals surface area contributed by atoms with Crippen molar-refractivity contribution in [2.45, 2.75) is 25.2 Å². The van der Waals surface area contributed by atoms with E-state index in [9.17, 15) is 22.0 Å². The zero-order chi connectivity index (χ0) is 16.0. The first-order valence-electron chi connectivity index (χ1n) is 6.27. The fourth-order valence-corrected chi connectivity index (χ4v) is 3.31. The van der Waals surface area contributed by atoms with Crippen molar-refractivity contribution in [1.82, 2.24) is 4.72 Å². The van der Waals surface area contributed by atoms with Gasteiger partial charge in [-0.3, -0.25) is 0 Å². The maximum absolute atomic E-state index is 13.9. The molecule has 0 heterocycles. The third-order valence-corrected chi connectivity index (χ3v) is 5.24. The number of hydrogen-bond donors (Lipinski definition) is 2. The van der Waals surface area contributed by atoms with Crippen LogP contribution in [0, 0.1) is 23.0 Å². The molecule has 1 unspecified atom stereocenters. The number of aromatic carboxylic acids is 1. The number of carboxylic acid groups (broad SMARTS) is 1. The molecule has 1 aliphatic rings. The van der Waals surface area contributed by atoms with Crippen LogP contribution in [0.3, 0.4) is 0 Å². The van der Waals surface area contributed by atoms with Crippen LogP contribution in [0.25, 0.3) is 0 Å². The summed E-state index contributed by atoms with van der Waals surface area (Å²) in [5, 5.41) is 8.74. The van der Waals surface area contributed by atoms with E-state index in [1.54, 1.807) is 0 Å². The quantitative estimate of drug-likeness (QED) is 0.869. The van der Waals surface area contributed by atoms with Crippen molar-refractivity contribution >= 4 is 16.0 Å². The Hall–Kier alpha value is -1.54. The molecule has 2 rings (SSSR count). The Bertz CT molecular complexity index is 700. The maximum atomic E-state index is 13.9. The molecule has 1 aromatic carbocycles. The summed E-state index contributed by atoms with van der Waals surface area (Å²) in [7, 11) is -4.22. The SMILES string of the molecule is CC1(C)CC1CNS(=O)(=O)c1ccc(F)c(C(=O)O)c1F. The average molecular weight is 319 g/mol. The van der Waals surface area contributed by atoms with Crippen molar-refractivity contribution in [2.75, 3.05) is 6.54 Å². The summed E-state index contributed by atoms with van der Waals surface area (Å²) in [6.45, 7) is 4.09. The first kappa shape index (κ1) is 15.8. The Labute approximate surface area is 121 Å². The van der Waals surface area contributed by atoms with Crippen LogP contribution < -0.4 is 4.72 Å². The molecule has 2 N–H and O–H groups in total. The highest BCUT2D eigenvalue weighted by Gasteiger charge is 2.45. The van der Waals surface area contributed by atoms with Crippen LogP contribution in [-0.4, -0.2) is 26.0 Å². The molecule has 1 aliphatic carbocycles. The summed E-state index contributed by atoms with van der Waals surface area (Å²) in [6.07, 6.45) is 0.849. The summed E-state index contributed by atoms with van der Waals surface area (Å²) in [6, 6.07) is 1.35. The van der Waals surface area contributed by atoms with Gasteiger partial charge in [0, 0.05) is 6.54 Å². The van der Waals surface area contributed by atoms with Gasteiger partial charge in [-0.2, -0.15) is 0 Å². The summed E-state index contributed by atoms with van der Waals surface area (Å²) < 4.78 is 53.5. The standard InChI is InChI=1S/C13H15F2NO4S/c1-13(2)5-7(13)6-16-21(19,20)9-4-3-8(14)10(11(9)15)12(17)18/h3-4,7,16H,5-6H2,1-2H3,(H,17,18). The highest BCUT2D eigenvalue weighted by molar-refractivity contribution is 7.89. The Balaban J connectivity index is 2.28. The van der Waals surface area contributed by atoms with Crippen molar-refractivity contribution in [3.63, 3.8) is 0 Å². The Morgan fingerprint density at radius 1 is 1.43 bits per heavy atom. The Morgan fingerprint density at radius 2 is 2.00 bits per heavy atom. The van der Waals surface area contributed by atoms with Gasteiger partial charge in [0.25, 0.3) is 0 Å². The fraction of sp³-hybridized carbons (Fsp3) is 0.462. The van der Waals surface area contributed by atoms with Crippen molar-refractivity contribution in [2.24, 2.45) is 11.3 Å². The van der Waals surface area contributed by atoms with Gasteiger partial charge in [0.05, 0.1) is 0 Å². The highest BCUT2D eigenvalue weighted by Crippen LogP contribution is 2.51. The molecule has 116 valence electrons. The number of rotatable bonds is 5. The van der Waals surface area contributed by atoms with Gasteiger partial charge in [0.15, 0.2) is 5.82 Å². The predicted octanol–water partition coefficient (Wildman–Crippen LogP) is 1.99. The molecule has 1 atom stereocenters. The topological polar surface area (TPSA) is 83.5 Å². The monoisotopic (exact) mass is 319 g/mol. The number of carboxylic acids is 1. The molecule has 0 amide bonds. The van der Waals surface area contributed by atoms with Crippen molar-refractivity contribution in [1.29, 1.82) is 0 Å². The van der Waals surface area contributed by atoms with Gasteiger partial charge < -0.3 is 5.11 Å². The van der Waals surface area contributed by atoms with Gasteiger partial charge in [-0.1, -0.05) is 13.8 Å². The first-order chi connectivity index (χ1) is 9.56. The van der Waals surface area contributed by atoms with E-state index < -0.39 is 38.1 Å². The number of hydrogen-bond acceptors (Lipinski definition) is 3. The molecule has 1 fully saturated rings. The van der Waals surface area contributed by atoms with Gasteiger partial charge in [0.1, 0.15) is 16.3 Å². The molecule has 0 saturated heterocycles. The Kier molecular flexibility index (Phi) is 3.79. The number of nitrogens with one attached hydrogen (secondary N) is 1. The van der Waals surface area contributed by atoms with E-state index in [-0.39, 0.29) is 17.9 Å². The summed E-state index contributed by atoms with van der Waals surface area (Å²) in [5.74, 6) is -4.62. The minimum Gasteiger partial charge on any atom is -0.477 e. The van der Waals surface area contributed by atoms with Gasteiger partial charge >= 0.3 is 5.97 Å². The third-order valence-electron chi connectivity index (χ3n) is 3.80. The van der Waals surface area contributed by atoms with Crippen LogP contribution in [0.5, 0.6) is 0 Å². The lowest BCUT2D eigenvalue weighted by molar-refractivity contribution is 0.0685. The van der Waals surface area contributed by atoms with Crippen LogP contribution in [0.4, 0.5) is 8.78 Å². The number of benzene rings is 1. The highest BCUT2D eigenvalue weighted by atomic mass is 32.2. The Morgan fingerprint density at radius 3 is 2.48 bits per heavy atom. The second-order valence-corrected chi connectivity index (χ2v) is 7.52. The lowest BCUT2D eigenvalue weighted by atomic mass is 10.1. The second kappa shape index (κ2) is 5.03. The minimum absolute atomic E-state index is 0.0378. The van der Waals surface area contributed by atoms with Crippen molar-refractivity contribution < 1.29 is 27.1 Å². The van der Waals surface area contributed by atoms with Crippen LogP contribution in [0.15, 0.2) is 17.0 Å². The van der Waals surface area contributed by atoms with E-state index >= 15 is 0 Å². The molecule has 5 nitrogen and oxygen atoms in total. The predicted molar refractivity (Wildman–Crippen MR) is 70.4 cm³/mol. The van der Waals surface area contributed by atoms with E-state index in [2.05, 4.69) is 4.72 Å². The molecule has 0 bridgehead atoms. The van der Waals surface area contributed by atoms with Crippen LogP contribution in [-0.2, 0) is 10.0 Å². The van der Waals surface area contributed by atoms with Gasteiger partial charge in [-0.05, 0) is 29.9 Å². The fourth-order valence-electron chi connectivity index (χ4n) is 2.15. The lowest BCUT2D eigenvalue weighted by Gasteiger charge is -2.10. The van der Waals surface area contributed by atoms with Gasteiger partial charge in [-0.25, -0.2) is 26.7 Å². The summed E-state index contributed by atoms with van der Waals surface area (Å²) in [5.41, 5.74) is -1.24. The minimum atomic E-state index is -4.22. The van der Waals surface area contributed by atoms with Crippen LogP contribution in [0.2, 0.25) is 0 Å². The summed E-state index contributed by atoms with van der Waals surface area (Å²) in [4.78, 5) is 9.93. The first-order valence-corrected chi connectivity index (χ1v) is 7.75. The lowest BCUT2D eigenvalue weighted by Crippen LogP contribution is -2.28. The van der Waals surface area contributed by atoms with Crippen molar-refractivity contribution in [3.8, 4) is 0 Å². The summed E-state index contributed by atoms with van der Waals surface area (Å²) >= 11 is 0. The van der Waals surface area contributed by atoms with E-state index in [0.717, 1.165) is 12.5 Å². The molecule has 0 aromatic heterocycles. The second-order valence-electron chi connectivity index (χ2n) is 5.78. The average Bonchev–Trinajstić information content (AvgIpc) is 2.94. The maximum Gasteiger partial charge on any atom is 0.341 e. The molecule has 0 aliphatic heterocycles. The van der Waals surface area contributed by atoms with Crippen LogP contribution in [0.1, 0.15) is 30.6 Å². The largest absolute Gasteiger partial charge is 0.477 e. The molecule has 0 radical (unpaired) electrons. The third kappa shape index (κ3) is 3.06. The molecule has 1 saturated carbocycles. The van der Waals surface area contributed by atoms with E-state index in [0.29, 0.717) is 6.07 Å². The smallest absolute Gasteiger partial charge is 0.341 e. The van der Waals surface area contributed by atoms with Gasteiger partial charge in [0.2, 0.25) is 10.0 Å². The number of carbonyl (C=O) groups is 1. The molecule has 1 aromatic rings. The molecule has 8 heteroatoms. The van der Waals surface area contributed by atoms with E-state index in [4.69, 9.17) is 5.11 Å². The normalized spacial score (nSPS) is 20.3. The number of sulfonamides is 1.